The summed E-state index contributed by atoms with van der Waals surface area (Å²) in [6, 6.07) is 12.6. The van der Waals surface area contributed by atoms with E-state index >= 15 is 0 Å². The number of halogens is 4. The minimum absolute atomic E-state index is 0.185. The fraction of sp³-hybridized carbons (Fsp3) is 0.217. The van der Waals surface area contributed by atoms with Crippen LogP contribution in [0.4, 0.5) is 13.2 Å². The third kappa shape index (κ3) is 5.12. The van der Waals surface area contributed by atoms with Crippen molar-refractivity contribution < 1.29 is 27.4 Å². The fourth-order valence-electron chi connectivity index (χ4n) is 3.43. The van der Waals surface area contributed by atoms with Crippen molar-refractivity contribution >= 4 is 28.4 Å². The molecule has 2 heterocycles. The van der Waals surface area contributed by atoms with Gasteiger partial charge < -0.3 is 19.8 Å². The Hall–Kier alpha value is -3.66. The Balaban J connectivity index is 1.39. The molecule has 178 valence electrons. The maximum absolute atomic E-state index is 13.2. The normalized spacial score (nSPS) is 11.6. The highest BCUT2D eigenvalue weighted by atomic mass is 35.5. The van der Waals surface area contributed by atoms with Gasteiger partial charge in [0.1, 0.15) is 5.75 Å². The number of amides is 1. The van der Waals surface area contributed by atoms with E-state index < -0.39 is 24.4 Å². The van der Waals surface area contributed by atoms with Gasteiger partial charge in [0.15, 0.2) is 12.3 Å². The van der Waals surface area contributed by atoms with E-state index in [4.69, 9.17) is 21.1 Å². The first-order valence-corrected chi connectivity index (χ1v) is 10.6. The number of methoxy groups -OCH3 is 1. The number of carbonyl (C=O) groups is 1. The summed E-state index contributed by atoms with van der Waals surface area (Å²) in [5.74, 6) is -0.000748. The van der Waals surface area contributed by atoms with E-state index in [9.17, 15) is 18.0 Å². The molecule has 0 aliphatic heterocycles. The number of hydrogen-bond donors (Lipinski definition) is 2. The Morgan fingerprint density at radius 2 is 2.00 bits per heavy atom. The zero-order chi connectivity index (χ0) is 24.3. The van der Waals surface area contributed by atoms with Gasteiger partial charge in [-0.05, 0) is 36.2 Å². The molecule has 0 fully saturated rings. The Kier molecular flexibility index (Phi) is 6.69. The van der Waals surface area contributed by atoms with E-state index in [1.54, 1.807) is 19.2 Å². The number of ether oxygens (including phenoxy) is 2. The topological polar surface area (TPSA) is 81.2 Å². The van der Waals surface area contributed by atoms with Crippen LogP contribution in [-0.2, 0) is 17.4 Å². The van der Waals surface area contributed by atoms with Crippen molar-refractivity contribution in [3.63, 3.8) is 0 Å². The molecule has 0 unspecified atom stereocenters. The number of nitrogens with one attached hydrogen (secondary N) is 2. The second kappa shape index (κ2) is 9.68. The maximum Gasteiger partial charge on any atom is 0.435 e. The lowest BCUT2D eigenvalue weighted by Gasteiger charge is -2.10. The minimum atomic E-state index is -4.68. The van der Waals surface area contributed by atoms with Gasteiger partial charge in [-0.1, -0.05) is 23.7 Å². The van der Waals surface area contributed by atoms with Crippen molar-refractivity contribution in [1.82, 2.24) is 20.1 Å². The Morgan fingerprint density at radius 1 is 1.21 bits per heavy atom. The number of nitrogens with zero attached hydrogens (tertiary/aromatic N) is 2. The molecule has 0 spiro atoms. The van der Waals surface area contributed by atoms with E-state index in [0.717, 1.165) is 33.0 Å². The highest BCUT2D eigenvalue weighted by molar-refractivity contribution is 6.32. The third-order valence-corrected chi connectivity index (χ3v) is 5.41. The van der Waals surface area contributed by atoms with Crippen LogP contribution in [0.1, 0.15) is 11.3 Å². The molecule has 0 saturated heterocycles. The second-order valence-corrected chi connectivity index (χ2v) is 7.75. The highest BCUT2D eigenvalue weighted by Crippen LogP contribution is 2.33. The predicted molar refractivity (Wildman–Crippen MR) is 121 cm³/mol. The summed E-state index contributed by atoms with van der Waals surface area (Å²) >= 11 is 6.11. The number of rotatable bonds is 8. The number of hydrogen-bond acceptors (Lipinski definition) is 4. The standard InChI is InChI=1S/C23H20ClF3N4O3/c1-33-15-6-7-16-14(12-29-18(16)10-15)8-9-28-21(32)13-34-22-11-20(23(25,26)27)30-31(22)19-5-3-2-4-17(19)24/h2-7,10-12,29H,8-9,13H2,1H3,(H,28,32). The molecule has 0 saturated carbocycles. The Labute approximate surface area is 197 Å². The van der Waals surface area contributed by atoms with Gasteiger partial charge in [0.2, 0.25) is 5.88 Å². The van der Waals surface area contributed by atoms with E-state index in [1.165, 1.54) is 12.1 Å². The van der Waals surface area contributed by atoms with Crippen molar-refractivity contribution in [3.05, 3.63) is 71.0 Å². The summed E-state index contributed by atoms with van der Waals surface area (Å²) in [6.07, 6.45) is -2.28. The van der Waals surface area contributed by atoms with E-state index in [2.05, 4.69) is 15.4 Å². The van der Waals surface area contributed by atoms with Crippen molar-refractivity contribution in [3.8, 4) is 17.3 Å². The van der Waals surface area contributed by atoms with E-state index in [-0.39, 0.29) is 16.6 Å². The zero-order valence-corrected chi connectivity index (χ0v) is 18.7. The molecule has 2 aromatic heterocycles. The molecule has 1 amide bonds. The van der Waals surface area contributed by atoms with Crippen molar-refractivity contribution in [2.24, 2.45) is 0 Å². The van der Waals surface area contributed by atoms with Crippen molar-refractivity contribution in [2.45, 2.75) is 12.6 Å². The highest BCUT2D eigenvalue weighted by Gasteiger charge is 2.36. The van der Waals surface area contributed by atoms with Crippen LogP contribution >= 0.6 is 11.6 Å². The van der Waals surface area contributed by atoms with Crippen LogP contribution in [-0.4, -0.2) is 40.9 Å². The number of alkyl halides is 3. The minimum Gasteiger partial charge on any atom is -0.497 e. The molecule has 2 N–H and O–H groups in total. The quantitative estimate of drug-likeness (QED) is 0.371. The first-order valence-electron chi connectivity index (χ1n) is 10.2. The summed E-state index contributed by atoms with van der Waals surface area (Å²) < 4.78 is 51.1. The summed E-state index contributed by atoms with van der Waals surface area (Å²) in [4.78, 5) is 15.4. The number of aromatic amines is 1. The van der Waals surface area contributed by atoms with Gasteiger partial charge in [0, 0.05) is 35.8 Å². The largest absolute Gasteiger partial charge is 0.497 e. The van der Waals surface area contributed by atoms with Crippen molar-refractivity contribution in [2.75, 3.05) is 20.3 Å². The van der Waals surface area contributed by atoms with Crippen molar-refractivity contribution in [1.29, 1.82) is 0 Å². The van der Waals surface area contributed by atoms with Gasteiger partial charge in [-0.25, -0.2) is 0 Å². The van der Waals surface area contributed by atoms with Crippen LogP contribution in [0, 0.1) is 0 Å². The molecule has 2 aromatic carbocycles. The smallest absolute Gasteiger partial charge is 0.435 e. The Morgan fingerprint density at radius 3 is 2.74 bits per heavy atom. The van der Waals surface area contributed by atoms with Gasteiger partial charge in [0.25, 0.3) is 5.91 Å². The van der Waals surface area contributed by atoms with Gasteiger partial charge in [-0.15, -0.1) is 0 Å². The molecule has 0 radical (unpaired) electrons. The van der Waals surface area contributed by atoms with Gasteiger partial charge in [-0.3, -0.25) is 4.79 Å². The molecular formula is C23H20ClF3N4O3. The summed E-state index contributed by atoms with van der Waals surface area (Å²) in [6.45, 7) is -0.169. The number of benzene rings is 2. The van der Waals surface area contributed by atoms with Crippen LogP contribution in [0.25, 0.3) is 16.6 Å². The second-order valence-electron chi connectivity index (χ2n) is 7.34. The molecular weight excluding hydrogens is 473 g/mol. The van der Waals surface area contributed by atoms with Crippen LogP contribution < -0.4 is 14.8 Å². The lowest BCUT2D eigenvalue weighted by Crippen LogP contribution is -2.30. The van der Waals surface area contributed by atoms with Gasteiger partial charge in [-0.2, -0.15) is 23.0 Å². The fourth-order valence-corrected chi connectivity index (χ4v) is 3.64. The number of aromatic nitrogens is 3. The van der Waals surface area contributed by atoms with Crippen LogP contribution in [0.15, 0.2) is 54.7 Å². The number of carbonyl (C=O) groups excluding carboxylic acids is 1. The molecule has 4 rings (SSSR count). The molecule has 0 atom stereocenters. The number of H-pyrrole nitrogens is 1. The van der Waals surface area contributed by atoms with E-state index in [1.807, 2.05) is 24.4 Å². The lowest BCUT2D eigenvalue weighted by atomic mass is 10.1. The first-order chi connectivity index (χ1) is 16.3. The first kappa shape index (κ1) is 23.5. The molecule has 0 aliphatic rings. The predicted octanol–water partition coefficient (Wildman–Crippen LogP) is 4.77. The zero-order valence-electron chi connectivity index (χ0n) is 17.9. The average Bonchev–Trinajstić information content (AvgIpc) is 3.42. The molecule has 7 nitrogen and oxygen atoms in total. The maximum atomic E-state index is 13.2. The molecule has 34 heavy (non-hydrogen) atoms. The molecule has 0 aliphatic carbocycles. The average molecular weight is 493 g/mol. The van der Waals surface area contributed by atoms with Gasteiger partial charge >= 0.3 is 6.18 Å². The summed E-state index contributed by atoms with van der Waals surface area (Å²) in [5, 5.41) is 7.47. The third-order valence-electron chi connectivity index (χ3n) is 5.09. The monoisotopic (exact) mass is 492 g/mol. The summed E-state index contributed by atoms with van der Waals surface area (Å²) in [5.41, 5.74) is 0.965. The summed E-state index contributed by atoms with van der Waals surface area (Å²) in [7, 11) is 1.59. The van der Waals surface area contributed by atoms with Crippen LogP contribution in [0.5, 0.6) is 11.6 Å². The van der Waals surface area contributed by atoms with Crippen LogP contribution in [0.3, 0.4) is 0 Å². The van der Waals surface area contributed by atoms with E-state index in [0.29, 0.717) is 13.0 Å². The van der Waals surface area contributed by atoms with Crippen LogP contribution in [0.2, 0.25) is 5.02 Å². The molecule has 11 heteroatoms. The molecule has 0 bridgehead atoms. The SMILES string of the molecule is COc1ccc2c(CCNC(=O)COc3cc(C(F)(F)F)nn3-c3ccccc3Cl)c[nH]c2c1. The lowest BCUT2D eigenvalue weighted by molar-refractivity contribution is -0.141. The molecule has 4 aromatic rings. The Bertz CT molecular complexity index is 1320. The number of fused-ring (bicyclic) bond motifs is 1. The van der Waals surface area contributed by atoms with Gasteiger partial charge in [0.05, 0.1) is 17.8 Å². The number of para-hydroxylation sites is 1.